The summed E-state index contributed by atoms with van der Waals surface area (Å²) in [5.74, 6) is 1.72. The van der Waals surface area contributed by atoms with Gasteiger partial charge in [-0.3, -0.25) is 0 Å². The lowest BCUT2D eigenvalue weighted by Crippen LogP contribution is -2.43. The minimum absolute atomic E-state index is 0.0229. The van der Waals surface area contributed by atoms with Crippen molar-refractivity contribution in [3.8, 4) is 0 Å². The summed E-state index contributed by atoms with van der Waals surface area (Å²) in [4.78, 5) is 12.2. The number of aromatic nitrogens is 3. The van der Waals surface area contributed by atoms with E-state index in [-0.39, 0.29) is 23.0 Å². The van der Waals surface area contributed by atoms with Crippen LogP contribution in [0.3, 0.4) is 0 Å². The highest BCUT2D eigenvalue weighted by atomic mass is 35.5. The molecule has 1 aliphatic rings. The molecule has 24 heavy (non-hydrogen) atoms. The number of rotatable bonds is 3. The van der Waals surface area contributed by atoms with Gasteiger partial charge in [-0.15, -0.1) is 10.2 Å². The van der Waals surface area contributed by atoms with Gasteiger partial charge in [0.05, 0.1) is 10.7 Å². The lowest BCUT2D eigenvalue weighted by atomic mass is 10.1. The maximum Gasteiger partial charge on any atom is 0.319 e. The molecule has 2 amide bonds. The van der Waals surface area contributed by atoms with Crippen LogP contribution in [0.5, 0.6) is 0 Å². The molecule has 6 nitrogen and oxygen atoms in total. The number of carbonyl (C=O) groups excluding carboxylic acids is 1. The van der Waals surface area contributed by atoms with Gasteiger partial charge < -0.3 is 15.2 Å². The predicted octanol–water partition coefficient (Wildman–Crippen LogP) is 3.33. The number of urea groups is 1. The number of anilines is 1. The molecule has 2 heterocycles. The minimum Gasteiger partial charge on any atom is -0.333 e. The fourth-order valence-corrected chi connectivity index (χ4v) is 3.04. The van der Waals surface area contributed by atoms with Crippen molar-refractivity contribution < 1.29 is 9.18 Å². The molecule has 0 aliphatic carbocycles. The van der Waals surface area contributed by atoms with Gasteiger partial charge in [0.15, 0.2) is 0 Å². The number of nitrogens with zero attached hydrogens (tertiary/aromatic N) is 3. The van der Waals surface area contributed by atoms with Crippen LogP contribution in [-0.4, -0.2) is 26.8 Å². The third kappa shape index (κ3) is 3.51. The Balaban J connectivity index is 1.64. The van der Waals surface area contributed by atoms with E-state index in [1.54, 1.807) is 0 Å². The summed E-state index contributed by atoms with van der Waals surface area (Å²) in [5.41, 5.74) is 0.374. The number of hydrogen-bond donors (Lipinski definition) is 2. The van der Waals surface area contributed by atoms with Crippen molar-refractivity contribution in [2.75, 3.05) is 5.32 Å². The van der Waals surface area contributed by atoms with Crippen molar-refractivity contribution in [3.63, 3.8) is 0 Å². The lowest BCUT2D eigenvalue weighted by molar-refractivity contribution is 0.244. The highest BCUT2D eigenvalue weighted by Crippen LogP contribution is 2.23. The third-order valence-corrected chi connectivity index (χ3v) is 4.32. The average Bonchev–Trinajstić information content (AvgIpc) is 2.93. The summed E-state index contributed by atoms with van der Waals surface area (Å²) in [6, 6.07) is 3.46. The molecule has 1 aliphatic heterocycles. The van der Waals surface area contributed by atoms with E-state index < -0.39 is 5.82 Å². The van der Waals surface area contributed by atoms with E-state index in [4.69, 9.17) is 11.6 Å². The minimum atomic E-state index is -0.445. The summed E-state index contributed by atoms with van der Waals surface area (Å²) in [7, 11) is 0. The van der Waals surface area contributed by atoms with Gasteiger partial charge in [0.25, 0.3) is 0 Å². The van der Waals surface area contributed by atoms with Gasteiger partial charge in [0, 0.05) is 24.9 Å². The average molecular weight is 352 g/mol. The first-order valence-corrected chi connectivity index (χ1v) is 8.26. The molecule has 8 heteroatoms. The maximum absolute atomic E-state index is 13.0. The zero-order valence-corrected chi connectivity index (χ0v) is 14.3. The smallest absolute Gasteiger partial charge is 0.319 e. The second-order valence-corrected chi connectivity index (χ2v) is 6.61. The molecule has 0 radical (unpaired) electrons. The van der Waals surface area contributed by atoms with Gasteiger partial charge in [-0.25, -0.2) is 9.18 Å². The third-order valence-electron chi connectivity index (χ3n) is 4.01. The van der Waals surface area contributed by atoms with Crippen molar-refractivity contribution >= 4 is 23.3 Å². The molecule has 0 saturated carbocycles. The quantitative estimate of drug-likeness (QED) is 0.891. The molecule has 1 unspecified atom stereocenters. The van der Waals surface area contributed by atoms with Gasteiger partial charge >= 0.3 is 6.03 Å². The predicted molar refractivity (Wildman–Crippen MR) is 89.8 cm³/mol. The summed E-state index contributed by atoms with van der Waals surface area (Å²) in [6.07, 6.45) is 1.56. The van der Waals surface area contributed by atoms with Crippen LogP contribution in [0.2, 0.25) is 5.02 Å². The molecule has 128 valence electrons. The Morgan fingerprint density at radius 2 is 2.21 bits per heavy atom. The summed E-state index contributed by atoms with van der Waals surface area (Å²) in [5, 5.41) is 14.2. The van der Waals surface area contributed by atoms with Crippen molar-refractivity contribution in [3.05, 3.63) is 40.7 Å². The highest BCUT2D eigenvalue weighted by Gasteiger charge is 2.25. The second-order valence-electron chi connectivity index (χ2n) is 6.20. The lowest BCUT2D eigenvalue weighted by Gasteiger charge is -2.26. The van der Waals surface area contributed by atoms with E-state index in [0.29, 0.717) is 12.2 Å². The fourth-order valence-electron chi connectivity index (χ4n) is 2.83. The molecule has 2 aromatic rings. The van der Waals surface area contributed by atoms with Crippen molar-refractivity contribution in [2.24, 2.45) is 0 Å². The zero-order chi connectivity index (χ0) is 17.3. The van der Waals surface area contributed by atoms with Gasteiger partial charge in [0.1, 0.15) is 17.5 Å². The molecule has 2 N–H and O–H groups in total. The van der Waals surface area contributed by atoms with E-state index in [1.807, 2.05) is 0 Å². The number of benzene rings is 1. The van der Waals surface area contributed by atoms with Gasteiger partial charge in [-0.2, -0.15) is 0 Å². The summed E-state index contributed by atoms with van der Waals surface area (Å²) >= 11 is 5.92. The fraction of sp³-hybridized carbons (Fsp3) is 0.438. The van der Waals surface area contributed by atoms with Crippen LogP contribution in [0, 0.1) is 5.82 Å². The van der Waals surface area contributed by atoms with Crippen molar-refractivity contribution in [2.45, 2.75) is 45.2 Å². The van der Waals surface area contributed by atoms with Crippen LogP contribution in [0.1, 0.15) is 37.8 Å². The molecular formula is C16H19ClFN5O. The Morgan fingerprint density at radius 3 is 2.92 bits per heavy atom. The monoisotopic (exact) mass is 351 g/mol. The first kappa shape index (κ1) is 16.7. The molecular weight excluding hydrogens is 333 g/mol. The van der Waals surface area contributed by atoms with Crippen LogP contribution in [0.15, 0.2) is 18.2 Å². The topological polar surface area (TPSA) is 71.8 Å². The Bertz CT molecular complexity index is 761. The van der Waals surface area contributed by atoms with Gasteiger partial charge in [0.2, 0.25) is 0 Å². The number of fused-ring (bicyclic) bond motifs is 1. The summed E-state index contributed by atoms with van der Waals surface area (Å²) in [6.45, 7) is 4.77. The van der Waals surface area contributed by atoms with Crippen LogP contribution in [0.4, 0.5) is 14.9 Å². The molecule has 1 atom stereocenters. The first-order valence-electron chi connectivity index (χ1n) is 7.88. The number of halogens is 2. The van der Waals surface area contributed by atoms with Gasteiger partial charge in [-0.1, -0.05) is 25.4 Å². The zero-order valence-electron chi connectivity index (χ0n) is 13.5. The number of amides is 2. The van der Waals surface area contributed by atoms with Crippen LogP contribution >= 0.6 is 11.6 Å². The molecule has 1 aromatic heterocycles. The van der Waals surface area contributed by atoms with E-state index in [9.17, 15) is 9.18 Å². The van der Waals surface area contributed by atoms with Crippen molar-refractivity contribution in [1.29, 1.82) is 0 Å². The van der Waals surface area contributed by atoms with E-state index in [1.165, 1.54) is 12.1 Å². The van der Waals surface area contributed by atoms with Crippen molar-refractivity contribution in [1.82, 2.24) is 20.1 Å². The van der Waals surface area contributed by atoms with Crippen LogP contribution in [0.25, 0.3) is 0 Å². The second kappa shape index (κ2) is 6.76. The Kier molecular flexibility index (Phi) is 4.71. The number of hydrogen-bond acceptors (Lipinski definition) is 3. The van der Waals surface area contributed by atoms with Crippen LogP contribution in [-0.2, 0) is 13.0 Å². The van der Waals surface area contributed by atoms with E-state index in [2.05, 4.69) is 39.2 Å². The number of carbonyl (C=O) groups is 1. The molecule has 0 fully saturated rings. The normalized spacial score (nSPS) is 16.8. The summed E-state index contributed by atoms with van der Waals surface area (Å²) < 4.78 is 15.1. The maximum atomic E-state index is 13.0. The SMILES string of the molecule is CC(C)c1nnc2n1CC(NC(=O)Nc1ccc(F)cc1Cl)CC2. The van der Waals surface area contributed by atoms with E-state index in [0.717, 1.165) is 30.6 Å². The standard InChI is InChI=1S/C16H19ClFN5O/c1-9(2)15-22-21-14-6-4-11(8-23(14)15)19-16(24)20-13-5-3-10(18)7-12(13)17/h3,5,7,9,11H,4,6,8H2,1-2H3,(H2,19,20,24). The molecule has 0 bridgehead atoms. The Labute approximate surface area is 144 Å². The molecule has 1 aromatic carbocycles. The number of aryl methyl sites for hydroxylation is 1. The Morgan fingerprint density at radius 1 is 1.42 bits per heavy atom. The largest absolute Gasteiger partial charge is 0.333 e. The molecule has 0 spiro atoms. The number of nitrogens with one attached hydrogen (secondary N) is 2. The van der Waals surface area contributed by atoms with Gasteiger partial charge in [-0.05, 0) is 24.6 Å². The molecule has 0 saturated heterocycles. The highest BCUT2D eigenvalue weighted by molar-refractivity contribution is 6.33. The van der Waals surface area contributed by atoms with E-state index >= 15 is 0 Å². The first-order chi connectivity index (χ1) is 11.4. The van der Waals surface area contributed by atoms with Crippen LogP contribution < -0.4 is 10.6 Å². The Hall–Kier alpha value is -2.15. The molecule has 3 rings (SSSR count).